The maximum Gasteiger partial charge on any atom is 0.221 e. The highest BCUT2D eigenvalue weighted by molar-refractivity contribution is 5.76. The van der Waals surface area contributed by atoms with Crippen molar-refractivity contribution in [2.24, 2.45) is 5.92 Å². The van der Waals surface area contributed by atoms with Gasteiger partial charge in [0.15, 0.2) is 0 Å². The Morgan fingerprint density at radius 3 is 2.42 bits per heavy atom. The molecule has 4 heteroatoms. The van der Waals surface area contributed by atoms with E-state index < -0.39 is 0 Å². The standard InChI is InChI=1S/C15H31N3O/c1-5-16-13(4)14-6-9-18(10-7-14)11-8-15(19)17-12(2)3/h12-14,16H,5-11H2,1-4H3,(H,17,19). The number of nitrogens with zero attached hydrogens (tertiary/aromatic N) is 1. The largest absolute Gasteiger partial charge is 0.354 e. The molecule has 1 heterocycles. The van der Waals surface area contributed by atoms with E-state index in [4.69, 9.17) is 0 Å². The molecule has 4 nitrogen and oxygen atoms in total. The van der Waals surface area contributed by atoms with Gasteiger partial charge < -0.3 is 15.5 Å². The Morgan fingerprint density at radius 1 is 1.26 bits per heavy atom. The van der Waals surface area contributed by atoms with Crippen LogP contribution in [0, 0.1) is 5.92 Å². The predicted octanol–water partition coefficient (Wildman–Crippen LogP) is 1.61. The molecule has 0 aromatic heterocycles. The summed E-state index contributed by atoms with van der Waals surface area (Å²) in [6.45, 7) is 12.7. The van der Waals surface area contributed by atoms with Crippen LogP contribution in [0.25, 0.3) is 0 Å². The van der Waals surface area contributed by atoms with Crippen LogP contribution < -0.4 is 10.6 Å². The van der Waals surface area contributed by atoms with Crippen molar-refractivity contribution in [3.8, 4) is 0 Å². The van der Waals surface area contributed by atoms with E-state index in [9.17, 15) is 4.79 Å². The molecule has 19 heavy (non-hydrogen) atoms. The number of carbonyl (C=O) groups excluding carboxylic acids is 1. The monoisotopic (exact) mass is 269 g/mol. The summed E-state index contributed by atoms with van der Waals surface area (Å²) in [5.41, 5.74) is 0. The molecule has 1 saturated heterocycles. The van der Waals surface area contributed by atoms with Gasteiger partial charge in [0.25, 0.3) is 0 Å². The Kier molecular flexibility index (Phi) is 7.39. The maximum absolute atomic E-state index is 11.6. The van der Waals surface area contributed by atoms with Crippen LogP contribution in [0.1, 0.15) is 47.0 Å². The fourth-order valence-corrected chi connectivity index (χ4v) is 2.82. The minimum Gasteiger partial charge on any atom is -0.354 e. The van der Waals surface area contributed by atoms with Gasteiger partial charge in [0.2, 0.25) is 5.91 Å². The molecule has 1 rings (SSSR count). The maximum atomic E-state index is 11.6. The van der Waals surface area contributed by atoms with Crippen LogP contribution in [0.15, 0.2) is 0 Å². The van der Waals surface area contributed by atoms with E-state index in [1.54, 1.807) is 0 Å². The summed E-state index contributed by atoms with van der Waals surface area (Å²) in [4.78, 5) is 14.0. The van der Waals surface area contributed by atoms with Gasteiger partial charge in [-0.25, -0.2) is 0 Å². The third-order valence-corrected chi connectivity index (χ3v) is 3.97. The lowest BCUT2D eigenvalue weighted by Crippen LogP contribution is -2.43. The molecule has 0 aliphatic carbocycles. The topological polar surface area (TPSA) is 44.4 Å². The van der Waals surface area contributed by atoms with Crippen LogP contribution in [0.2, 0.25) is 0 Å². The molecular formula is C15H31N3O. The second kappa shape index (κ2) is 8.54. The van der Waals surface area contributed by atoms with E-state index in [0.717, 1.165) is 32.1 Å². The van der Waals surface area contributed by atoms with Crippen LogP contribution in [-0.2, 0) is 4.79 Å². The number of amides is 1. The van der Waals surface area contributed by atoms with E-state index >= 15 is 0 Å². The first-order valence-corrected chi connectivity index (χ1v) is 7.78. The van der Waals surface area contributed by atoms with Crippen molar-refractivity contribution < 1.29 is 4.79 Å². The Balaban J connectivity index is 2.18. The van der Waals surface area contributed by atoms with E-state index in [0.29, 0.717) is 12.5 Å². The lowest BCUT2D eigenvalue weighted by atomic mass is 9.90. The summed E-state index contributed by atoms with van der Waals surface area (Å²) in [6.07, 6.45) is 3.13. The fraction of sp³-hybridized carbons (Fsp3) is 0.933. The summed E-state index contributed by atoms with van der Waals surface area (Å²) in [7, 11) is 0. The minimum atomic E-state index is 0.179. The van der Waals surface area contributed by atoms with E-state index in [-0.39, 0.29) is 11.9 Å². The van der Waals surface area contributed by atoms with Gasteiger partial charge in [0.05, 0.1) is 0 Å². The van der Waals surface area contributed by atoms with E-state index in [2.05, 4.69) is 29.4 Å². The molecule has 0 aromatic carbocycles. The van der Waals surface area contributed by atoms with Gasteiger partial charge in [0, 0.05) is 25.0 Å². The molecule has 0 radical (unpaired) electrons. The second-order valence-electron chi connectivity index (χ2n) is 6.00. The molecule has 1 fully saturated rings. The highest BCUT2D eigenvalue weighted by Crippen LogP contribution is 2.20. The van der Waals surface area contributed by atoms with Gasteiger partial charge in [-0.1, -0.05) is 6.92 Å². The molecule has 0 bridgehead atoms. The number of carbonyl (C=O) groups is 1. The summed E-state index contributed by atoms with van der Waals surface area (Å²) in [5.74, 6) is 0.971. The van der Waals surface area contributed by atoms with Gasteiger partial charge in [-0.3, -0.25) is 4.79 Å². The van der Waals surface area contributed by atoms with Crippen molar-refractivity contribution in [1.82, 2.24) is 15.5 Å². The Labute approximate surface area is 118 Å². The van der Waals surface area contributed by atoms with Crippen LogP contribution in [0.4, 0.5) is 0 Å². The second-order valence-corrected chi connectivity index (χ2v) is 6.00. The van der Waals surface area contributed by atoms with Gasteiger partial charge in [0.1, 0.15) is 0 Å². The van der Waals surface area contributed by atoms with Gasteiger partial charge in [-0.15, -0.1) is 0 Å². The highest BCUT2D eigenvalue weighted by atomic mass is 16.1. The van der Waals surface area contributed by atoms with Crippen molar-refractivity contribution in [3.05, 3.63) is 0 Å². The normalized spacial score (nSPS) is 19.6. The first-order chi connectivity index (χ1) is 9.02. The molecule has 112 valence electrons. The molecule has 0 spiro atoms. The molecule has 1 unspecified atom stereocenters. The molecule has 0 saturated carbocycles. The van der Waals surface area contributed by atoms with Crippen molar-refractivity contribution in [3.63, 3.8) is 0 Å². The lowest BCUT2D eigenvalue weighted by molar-refractivity contribution is -0.122. The fourth-order valence-electron chi connectivity index (χ4n) is 2.82. The zero-order chi connectivity index (χ0) is 14.3. The number of nitrogens with one attached hydrogen (secondary N) is 2. The van der Waals surface area contributed by atoms with Crippen LogP contribution in [0.3, 0.4) is 0 Å². The first-order valence-electron chi connectivity index (χ1n) is 7.78. The van der Waals surface area contributed by atoms with Crippen LogP contribution >= 0.6 is 0 Å². The smallest absolute Gasteiger partial charge is 0.221 e. The molecule has 1 atom stereocenters. The molecule has 0 aromatic rings. The highest BCUT2D eigenvalue weighted by Gasteiger charge is 2.23. The number of rotatable bonds is 7. The molecular weight excluding hydrogens is 238 g/mol. The lowest BCUT2D eigenvalue weighted by Gasteiger charge is -2.35. The van der Waals surface area contributed by atoms with E-state index in [1.807, 2.05) is 13.8 Å². The number of hydrogen-bond donors (Lipinski definition) is 2. The predicted molar refractivity (Wildman–Crippen MR) is 80.2 cm³/mol. The van der Waals surface area contributed by atoms with Crippen molar-refractivity contribution in [1.29, 1.82) is 0 Å². The van der Waals surface area contributed by atoms with Gasteiger partial charge >= 0.3 is 0 Å². The summed E-state index contributed by atoms with van der Waals surface area (Å²) >= 11 is 0. The summed E-state index contributed by atoms with van der Waals surface area (Å²) in [5, 5.41) is 6.47. The van der Waals surface area contributed by atoms with Gasteiger partial charge in [-0.2, -0.15) is 0 Å². The van der Waals surface area contributed by atoms with Crippen molar-refractivity contribution >= 4 is 5.91 Å². The van der Waals surface area contributed by atoms with Crippen LogP contribution in [0.5, 0.6) is 0 Å². The third kappa shape index (κ3) is 6.39. The quantitative estimate of drug-likeness (QED) is 0.738. The van der Waals surface area contributed by atoms with Crippen molar-refractivity contribution in [2.75, 3.05) is 26.2 Å². The molecule has 2 N–H and O–H groups in total. The Hall–Kier alpha value is -0.610. The zero-order valence-corrected chi connectivity index (χ0v) is 13.0. The Morgan fingerprint density at radius 2 is 1.89 bits per heavy atom. The average molecular weight is 269 g/mol. The minimum absolute atomic E-state index is 0.179. The molecule has 1 aliphatic heterocycles. The Bertz CT molecular complexity index is 260. The average Bonchev–Trinajstić information content (AvgIpc) is 2.36. The summed E-state index contributed by atoms with van der Waals surface area (Å²) < 4.78 is 0. The third-order valence-electron chi connectivity index (χ3n) is 3.97. The molecule has 1 aliphatic rings. The molecule has 1 amide bonds. The van der Waals surface area contributed by atoms with E-state index in [1.165, 1.54) is 12.8 Å². The number of hydrogen-bond acceptors (Lipinski definition) is 3. The van der Waals surface area contributed by atoms with Crippen LogP contribution in [-0.4, -0.2) is 49.1 Å². The van der Waals surface area contributed by atoms with Crippen molar-refractivity contribution in [2.45, 2.75) is 59.0 Å². The first kappa shape index (κ1) is 16.4. The zero-order valence-electron chi connectivity index (χ0n) is 13.0. The van der Waals surface area contributed by atoms with Gasteiger partial charge in [-0.05, 0) is 59.2 Å². The number of piperidine rings is 1. The summed E-state index contributed by atoms with van der Waals surface area (Å²) in [6, 6.07) is 0.871. The SMILES string of the molecule is CCNC(C)C1CCN(CCC(=O)NC(C)C)CC1. The number of likely N-dealkylation sites (tertiary alicyclic amines) is 1.